The van der Waals surface area contributed by atoms with E-state index in [2.05, 4.69) is 10.6 Å². The monoisotopic (exact) mass is 494 g/mol. The van der Waals surface area contributed by atoms with Crippen LogP contribution in [0.1, 0.15) is 31.8 Å². The molecule has 0 aromatic heterocycles. The third-order valence-corrected chi connectivity index (χ3v) is 5.88. The molecule has 6 nitrogen and oxygen atoms in total. The molecule has 0 fully saturated rings. The molecule has 0 aliphatic carbocycles. The lowest BCUT2D eigenvalue weighted by Gasteiger charge is -2.13. The minimum Gasteiger partial charge on any atom is -0.348 e. The van der Waals surface area contributed by atoms with Crippen LogP contribution in [0.2, 0.25) is 0 Å². The van der Waals surface area contributed by atoms with E-state index in [1.165, 1.54) is 6.07 Å². The van der Waals surface area contributed by atoms with E-state index in [4.69, 9.17) is 0 Å². The van der Waals surface area contributed by atoms with Crippen molar-refractivity contribution in [3.63, 3.8) is 0 Å². The van der Waals surface area contributed by atoms with Crippen molar-refractivity contribution in [2.45, 2.75) is 17.6 Å². The summed E-state index contributed by atoms with van der Waals surface area (Å²) in [5.41, 5.74) is -1.54. The van der Waals surface area contributed by atoms with Crippen molar-refractivity contribution >= 4 is 27.3 Å². The summed E-state index contributed by atoms with van der Waals surface area (Å²) in [7, 11) is -3.94. The number of amides is 2. The fraction of sp³-hybridized carbons (Fsp3) is 0.130. The molecule has 178 valence electrons. The quantitative estimate of drug-likeness (QED) is 0.496. The third-order valence-electron chi connectivity index (χ3n) is 4.73. The van der Waals surface area contributed by atoms with Gasteiger partial charge in [-0.25, -0.2) is 12.8 Å². The molecule has 34 heavy (non-hydrogen) atoms. The first-order valence-electron chi connectivity index (χ1n) is 9.70. The first-order valence-corrected chi connectivity index (χ1v) is 11.6. The van der Waals surface area contributed by atoms with Crippen LogP contribution in [-0.2, 0) is 22.6 Å². The van der Waals surface area contributed by atoms with Gasteiger partial charge in [0.1, 0.15) is 5.82 Å². The van der Waals surface area contributed by atoms with E-state index in [-0.39, 0.29) is 18.2 Å². The second kappa shape index (κ2) is 9.64. The molecule has 0 spiro atoms. The highest BCUT2D eigenvalue weighted by atomic mass is 32.2. The molecular formula is C23H18F4N2O4S. The minimum absolute atomic E-state index is 0.0404. The van der Waals surface area contributed by atoms with Crippen molar-refractivity contribution in [1.29, 1.82) is 0 Å². The highest BCUT2D eigenvalue weighted by molar-refractivity contribution is 7.90. The highest BCUT2D eigenvalue weighted by Crippen LogP contribution is 2.31. The highest BCUT2D eigenvalue weighted by Gasteiger charge is 2.31. The number of alkyl halides is 3. The Labute approximate surface area is 192 Å². The number of hydrogen-bond acceptors (Lipinski definition) is 4. The Morgan fingerprint density at radius 3 is 2.18 bits per heavy atom. The van der Waals surface area contributed by atoms with Crippen LogP contribution < -0.4 is 10.6 Å². The fourth-order valence-electron chi connectivity index (χ4n) is 3.03. The molecule has 2 amide bonds. The van der Waals surface area contributed by atoms with Crippen molar-refractivity contribution in [1.82, 2.24) is 5.32 Å². The number of rotatable bonds is 6. The number of nitrogens with one attached hydrogen (secondary N) is 2. The largest absolute Gasteiger partial charge is 0.416 e. The summed E-state index contributed by atoms with van der Waals surface area (Å²) in [6, 6.07) is 13.7. The van der Waals surface area contributed by atoms with E-state index >= 15 is 0 Å². The topological polar surface area (TPSA) is 92.3 Å². The lowest BCUT2D eigenvalue weighted by atomic mass is 10.1. The minimum atomic E-state index is -4.78. The first-order chi connectivity index (χ1) is 15.9. The lowest BCUT2D eigenvalue weighted by Crippen LogP contribution is -2.24. The molecule has 3 aromatic rings. The second-order valence-corrected chi connectivity index (χ2v) is 9.28. The van der Waals surface area contributed by atoms with E-state index in [1.54, 1.807) is 30.3 Å². The normalized spacial score (nSPS) is 11.7. The van der Waals surface area contributed by atoms with Gasteiger partial charge in [0.2, 0.25) is 0 Å². The van der Waals surface area contributed by atoms with Crippen LogP contribution in [-0.4, -0.2) is 26.5 Å². The summed E-state index contributed by atoms with van der Waals surface area (Å²) in [6.45, 7) is 0.172. The molecule has 0 unspecified atom stereocenters. The number of halogens is 4. The predicted octanol–water partition coefficient (Wildman–Crippen LogP) is 4.43. The Balaban J connectivity index is 1.89. The third kappa shape index (κ3) is 5.98. The van der Waals surface area contributed by atoms with Gasteiger partial charge >= 0.3 is 6.18 Å². The van der Waals surface area contributed by atoms with Gasteiger partial charge in [0.25, 0.3) is 11.8 Å². The maximum atomic E-state index is 14.2. The van der Waals surface area contributed by atoms with Crippen LogP contribution in [0.4, 0.5) is 23.2 Å². The molecule has 11 heteroatoms. The van der Waals surface area contributed by atoms with E-state index < -0.39 is 55.4 Å². The van der Waals surface area contributed by atoms with Gasteiger partial charge in [0, 0.05) is 18.4 Å². The van der Waals surface area contributed by atoms with Gasteiger partial charge in [-0.1, -0.05) is 30.3 Å². The maximum Gasteiger partial charge on any atom is 0.416 e. The number of anilines is 1. The average Bonchev–Trinajstić information content (AvgIpc) is 2.77. The molecule has 0 radical (unpaired) electrons. The van der Waals surface area contributed by atoms with Gasteiger partial charge in [-0.05, 0) is 42.0 Å². The molecule has 0 bridgehead atoms. The standard InChI is InChI=1S/C23H18F4N2O4S/c1-34(32,33)20-10-7-15(21(30)28-13-14-5-3-2-4-6-14)11-17(20)22(31)29-19-9-8-16(12-18(19)24)23(25,26)27/h2-12H,13H2,1H3,(H,28,30)(H,29,31). The molecular weight excluding hydrogens is 476 g/mol. The second-order valence-electron chi connectivity index (χ2n) is 7.30. The van der Waals surface area contributed by atoms with Crippen molar-refractivity contribution in [3.8, 4) is 0 Å². The smallest absolute Gasteiger partial charge is 0.348 e. The van der Waals surface area contributed by atoms with Crippen LogP contribution in [0, 0.1) is 5.82 Å². The average molecular weight is 494 g/mol. The van der Waals surface area contributed by atoms with Gasteiger partial charge in [0.05, 0.1) is 21.7 Å². The molecule has 0 saturated heterocycles. The Hall–Kier alpha value is -3.73. The summed E-state index contributed by atoms with van der Waals surface area (Å²) >= 11 is 0. The number of benzene rings is 3. The molecule has 3 rings (SSSR count). The van der Waals surface area contributed by atoms with E-state index in [0.29, 0.717) is 12.1 Å². The summed E-state index contributed by atoms with van der Waals surface area (Å²) < 4.78 is 76.7. The zero-order valence-electron chi connectivity index (χ0n) is 17.6. The van der Waals surface area contributed by atoms with Crippen molar-refractivity contribution in [2.75, 3.05) is 11.6 Å². The van der Waals surface area contributed by atoms with Gasteiger partial charge in [0.15, 0.2) is 9.84 Å². The van der Waals surface area contributed by atoms with Crippen LogP contribution in [0.5, 0.6) is 0 Å². The van der Waals surface area contributed by atoms with Crippen LogP contribution in [0.15, 0.2) is 71.6 Å². The SMILES string of the molecule is CS(=O)(=O)c1ccc(C(=O)NCc2ccccc2)cc1C(=O)Nc1ccc(C(F)(F)F)cc1F. The molecule has 0 aliphatic heterocycles. The Kier molecular flexibility index (Phi) is 7.06. The zero-order chi connectivity index (χ0) is 25.1. The summed E-state index contributed by atoms with van der Waals surface area (Å²) in [5, 5.41) is 4.70. The molecule has 3 aromatic carbocycles. The van der Waals surface area contributed by atoms with Gasteiger partial charge < -0.3 is 10.6 Å². The fourth-order valence-corrected chi connectivity index (χ4v) is 3.90. The van der Waals surface area contributed by atoms with Gasteiger partial charge in [-0.15, -0.1) is 0 Å². The lowest BCUT2D eigenvalue weighted by molar-refractivity contribution is -0.137. The van der Waals surface area contributed by atoms with Crippen LogP contribution >= 0.6 is 0 Å². The number of carbonyl (C=O) groups is 2. The molecule has 0 saturated carbocycles. The predicted molar refractivity (Wildman–Crippen MR) is 117 cm³/mol. The molecule has 2 N–H and O–H groups in total. The van der Waals surface area contributed by atoms with Crippen molar-refractivity contribution in [2.24, 2.45) is 0 Å². The molecule has 0 aliphatic rings. The van der Waals surface area contributed by atoms with Crippen molar-refractivity contribution in [3.05, 3.63) is 94.8 Å². The van der Waals surface area contributed by atoms with Gasteiger partial charge in [-0.3, -0.25) is 9.59 Å². The van der Waals surface area contributed by atoms with E-state index in [9.17, 15) is 35.6 Å². The first kappa shape index (κ1) is 24.9. The van der Waals surface area contributed by atoms with Gasteiger partial charge in [-0.2, -0.15) is 13.2 Å². The molecule has 0 heterocycles. The summed E-state index contributed by atoms with van der Waals surface area (Å²) in [5.74, 6) is -3.07. The van der Waals surface area contributed by atoms with Crippen LogP contribution in [0.25, 0.3) is 0 Å². The maximum absolute atomic E-state index is 14.2. The molecule has 0 atom stereocenters. The number of sulfone groups is 1. The van der Waals surface area contributed by atoms with Crippen molar-refractivity contribution < 1.29 is 35.6 Å². The zero-order valence-corrected chi connectivity index (χ0v) is 18.4. The van der Waals surface area contributed by atoms with Crippen LogP contribution in [0.3, 0.4) is 0 Å². The Morgan fingerprint density at radius 1 is 0.912 bits per heavy atom. The summed E-state index contributed by atoms with van der Waals surface area (Å²) in [6.07, 6.45) is -3.94. The van der Waals surface area contributed by atoms with E-state index in [1.807, 2.05) is 0 Å². The Morgan fingerprint density at radius 2 is 1.59 bits per heavy atom. The van der Waals surface area contributed by atoms with E-state index in [0.717, 1.165) is 24.0 Å². The number of hydrogen-bond donors (Lipinski definition) is 2. The number of carbonyl (C=O) groups excluding carboxylic acids is 2. The summed E-state index contributed by atoms with van der Waals surface area (Å²) in [4.78, 5) is 24.9. The Bertz CT molecular complexity index is 1340.